The minimum Gasteiger partial charge on any atom is -0.312 e. The van der Waals surface area contributed by atoms with Crippen LogP contribution in [-0.2, 0) is 22.4 Å². The molecular formula is C21H19ClN4O2S. The first-order valence-electron chi connectivity index (χ1n) is 9.31. The van der Waals surface area contributed by atoms with Crippen molar-refractivity contribution < 1.29 is 9.59 Å². The van der Waals surface area contributed by atoms with Gasteiger partial charge in [-0.3, -0.25) is 9.59 Å². The number of carbonyl (C=O) groups is 2. The van der Waals surface area contributed by atoms with E-state index in [-0.39, 0.29) is 18.2 Å². The van der Waals surface area contributed by atoms with E-state index >= 15 is 0 Å². The number of hydrogen-bond acceptors (Lipinski definition) is 5. The second kappa shape index (κ2) is 8.71. The van der Waals surface area contributed by atoms with Crippen molar-refractivity contribution in [3.05, 3.63) is 70.2 Å². The lowest BCUT2D eigenvalue weighted by molar-refractivity contribution is -0.122. The first-order valence-corrected chi connectivity index (χ1v) is 10.5. The summed E-state index contributed by atoms with van der Waals surface area (Å²) in [6, 6.07) is 17.2. The van der Waals surface area contributed by atoms with Crippen LogP contribution in [0.5, 0.6) is 0 Å². The van der Waals surface area contributed by atoms with E-state index in [0.717, 1.165) is 23.5 Å². The van der Waals surface area contributed by atoms with Gasteiger partial charge in [0.05, 0.1) is 5.92 Å². The van der Waals surface area contributed by atoms with Gasteiger partial charge in [0.25, 0.3) is 0 Å². The number of nitrogens with one attached hydrogen (secondary N) is 1. The molecule has 2 amide bonds. The number of aryl methyl sites for hydroxylation is 2. The molecule has 1 N–H and O–H groups in total. The fourth-order valence-corrected chi connectivity index (χ4v) is 4.13. The van der Waals surface area contributed by atoms with E-state index in [0.29, 0.717) is 16.7 Å². The van der Waals surface area contributed by atoms with Gasteiger partial charge in [0.15, 0.2) is 0 Å². The molecule has 1 fully saturated rings. The summed E-state index contributed by atoms with van der Waals surface area (Å²) in [6.45, 7) is 0.339. The normalized spacial score (nSPS) is 16.2. The van der Waals surface area contributed by atoms with Crippen molar-refractivity contribution in [2.75, 3.05) is 16.8 Å². The van der Waals surface area contributed by atoms with Crippen molar-refractivity contribution >= 4 is 45.6 Å². The lowest BCUT2D eigenvalue weighted by Gasteiger charge is -2.16. The predicted molar refractivity (Wildman–Crippen MR) is 114 cm³/mol. The molecule has 0 bridgehead atoms. The van der Waals surface area contributed by atoms with Crippen LogP contribution in [0.15, 0.2) is 54.6 Å². The zero-order valence-electron chi connectivity index (χ0n) is 15.5. The maximum absolute atomic E-state index is 12.6. The summed E-state index contributed by atoms with van der Waals surface area (Å²) in [6.07, 6.45) is 1.81. The molecule has 1 aliphatic heterocycles. The lowest BCUT2D eigenvalue weighted by atomic mass is 10.1. The van der Waals surface area contributed by atoms with Crippen LogP contribution in [0.2, 0.25) is 5.02 Å². The van der Waals surface area contributed by atoms with Crippen LogP contribution in [0.1, 0.15) is 17.0 Å². The molecular weight excluding hydrogens is 408 g/mol. The predicted octanol–water partition coefficient (Wildman–Crippen LogP) is 3.97. The van der Waals surface area contributed by atoms with Gasteiger partial charge in [0, 0.05) is 30.1 Å². The molecule has 29 heavy (non-hydrogen) atoms. The maximum atomic E-state index is 12.6. The first kappa shape index (κ1) is 19.5. The standard InChI is InChI=1S/C21H19ClN4O2S/c22-16-7-9-17(10-8-16)26-13-15(12-19(26)27)20(28)23-21-25-24-18(29-21)11-6-14-4-2-1-3-5-14/h1-5,7-10,15H,6,11-13H2,(H,23,25,28)/t15-/m0/s1. The average Bonchev–Trinajstić information content (AvgIpc) is 3.34. The molecule has 0 saturated carbocycles. The Hall–Kier alpha value is -2.77. The Bertz CT molecular complexity index is 1010. The quantitative estimate of drug-likeness (QED) is 0.647. The molecule has 0 unspecified atom stereocenters. The molecule has 0 aliphatic carbocycles. The Morgan fingerprint density at radius 1 is 1.10 bits per heavy atom. The van der Waals surface area contributed by atoms with Crippen LogP contribution >= 0.6 is 22.9 Å². The van der Waals surface area contributed by atoms with Gasteiger partial charge in [-0.25, -0.2) is 0 Å². The van der Waals surface area contributed by atoms with E-state index in [4.69, 9.17) is 11.6 Å². The first-order chi connectivity index (χ1) is 14.1. The van der Waals surface area contributed by atoms with Gasteiger partial charge in [0.2, 0.25) is 16.9 Å². The lowest BCUT2D eigenvalue weighted by Crippen LogP contribution is -2.28. The fourth-order valence-electron chi connectivity index (χ4n) is 3.26. The molecule has 2 aromatic carbocycles. The molecule has 4 rings (SSSR count). The summed E-state index contributed by atoms with van der Waals surface area (Å²) in [5.41, 5.74) is 1.98. The topological polar surface area (TPSA) is 75.2 Å². The highest BCUT2D eigenvalue weighted by molar-refractivity contribution is 7.15. The minimum absolute atomic E-state index is 0.0757. The van der Waals surface area contributed by atoms with Gasteiger partial charge in [-0.15, -0.1) is 10.2 Å². The molecule has 0 spiro atoms. The Morgan fingerprint density at radius 3 is 2.62 bits per heavy atom. The zero-order valence-corrected chi connectivity index (χ0v) is 17.1. The minimum atomic E-state index is -0.421. The number of halogens is 1. The summed E-state index contributed by atoms with van der Waals surface area (Å²) in [4.78, 5) is 26.6. The molecule has 3 aromatic rings. The van der Waals surface area contributed by atoms with E-state index in [1.165, 1.54) is 16.9 Å². The van der Waals surface area contributed by atoms with Crippen LogP contribution in [0.4, 0.5) is 10.8 Å². The third-order valence-corrected chi connectivity index (χ3v) is 5.95. The van der Waals surface area contributed by atoms with Crippen molar-refractivity contribution in [2.24, 2.45) is 5.92 Å². The molecule has 8 heteroatoms. The molecule has 1 saturated heterocycles. The molecule has 1 aromatic heterocycles. The van der Waals surface area contributed by atoms with Crippen molar-refractivity contribution in [1.29, 1.82) is 0 Å². The van der Waals surface area contributed by atoms with E-state index in [1.54, 1.807) is 29.2 Å². The maximum Gasteiger partial charge on any atom is 0.231 e. The van der Waals surface area contributed by atoms with Crippen molar-refractivity contribution in [3.63, 3.8) is 0 Å². The number of carbonyl (C=O) groups excluding carboxylic acids is 2. The van der Waals surface area contributed by atoms with Crippen LogP contribution in [0.3, 0.4) is 0 Å². The van der Waals surface area contributed by atoms with Gasteiger partial charge in [-0.1, -0.05) is 53.3 Å². The highest BCUT2D eigenvalue weighted by atomic mass is 35.5. The summed E-state index contributed by atoms with van der Waals surface area (Å²) in [5.74, 6) is -0.705. The van der Waals surface area contributed by atoms with Crippen LogP contribution in [0, 0.1) is 5.92 Å². The van der Waals surface area contributed by atoms with Crippen LogP contribution in [-0.4, -0.2) is 28.6 Å². The smallest absolute Gasteiger partial charge is 0.231 e. The third-order valence-electron chi connectivity index (χ3n) is 4.80. The van der Waals surface area contributed by atoms with E-state index in [9.17, 15) is 9.59 Å². The average molecular weight is 427 g/mol. The number of nitrogens with zero attached hydrogens (tertiary/aromatic N) is 3. The largest absolute Gasteiger partial charge is 0.312 e. The number of amides is 2. The summed E-state index contributed by atoms with van der Waals surface area (Å²) in [5, 5.41) is 13.0. The molecule has 1 atom stereocenters. The Morgan fingerprint density at radius 2 is 1.86 bits per heavy atom. The second-order valence-corrected chi connectivity index (χ2v) is 8.36. The summed E-state index contributed by atoms with van der Waals surface area (Å²) < 4.78 is 0. The van der Waals surface area contributed by atoms with Crippen LogP contribution < -0.4 is 10.2 Å². The van der Waals surface area contributed by atoms with Crippen molar-refractivity contribution in [3.8, 4) is 0 Å². The molecule has 6 nitrogen and oxygen atoms in total. The molecule has 148 valence electrons. The van der Waals surface area contributed by atoms with Crippen LogP contribution in [0.25, 0.3) is 0 Å². The van der Waals surface area contributed by atoms with Crippen molar-refractivity contribution in [1.82, 2.24) is 10.2 Å². The van der Waals surface area contributed by atoms with E-state index < -0.39 is 5.92 Å². The third kappa shape index (κ3) is 4.81. The SMILES string of the molecule is O=C(Nc1nnc(CCc2ccccc2)s1)[C@H]1CC(=O)N(c2ccc(Cl)cc2)C1. The highest BCUT2D eigenvalue weighted by Gasteiger charge is 2.35. The Kier molecular flexibility index (Phi) is 5.87. The zero-order chi connectivity index (χ0) is 20.2. The number of benzene rings is 2. The van der Waals surface area contributed by atoms with Crippen molar-refractivity contribution in [2.45, 2.75) is 19.3 Å². The number of aromatic nitrogens is 2. The number of hydrogen-bond donors (Lipinski definition) is 1. The number of rotatable bonds is 6. The molecule has 0 radical (unpaired) electrons. The summed E-state index contributed by atoms with van der Waals surface area (Å²) in [7, 11) is 0. The highest BCUT2D eigenvalue weighted by Crippen LogP contribution is 2.27. The number of anilines is 2. The van der Waals surface area contributed by atoms with Gasteiger partial charge in [0.1, 0.15) is 5.01 Å². The van der Waals surface area contributed by atoms with Gasteiger partial charge < -0.3 is 10.2 Å². The monoisotopic (exact) mass is 426 g/mol. The van der Waals surface area contributed by atoms with E-state index in [2.05, 4.69) is 27.6 Å². The fraction of sp³-hybridized carbons (Fsp3) is 0.238. The summed E-state index contributed by atoms with van der Waals surface area (Å²) >= 11 is 7.28. The second-order valence-electron chi connectivity index (χ2n) is 6.86. The Balaban J connectivity index is 1.33. The molecule has 1 aliphatic rings. The van der Waals surface area contributed by atoms with Gasteiger partial charge in [-0.05, 0) is 36.2 Å². The van der Waals surface area contributed by atoms with Gasteiger partial charge in [-0.2, -0.15) is 0 Å². The Labute approximate surface area is 177 Å². The van der Waals surface area contributed by atoms with Gasteiger partial charge >= 0.3 is 0 Å². The molecule has 2 heterocycles. The van der Waals surface area contributed by atoms with E-state index in [1.807, 2.05) is 18.2 Å².